The molecule has 5 atom stereocenters. The second kappa shape index (κ2) is 4.24. The van der Waals surface area contributed by atoms with Gasteiger partial charge in [0.05, 0.1) is 0 Å². The van der Waals surface area contributed by atoms with Crippen LogP contribution >= 0.6 is 23.2 Å². The van der Waals surface area contributed by atoms with E-state index in [1.165, 1.54) is 18.3 Å². The molecule has 4 bridgehead atoms. The SMILES string of the molecule is O=CC12CC3CC(C1)C(Cl)C(c1ccc(Cl)cc1)(C3)C2. The largest absolute Gasteiger partial charge is 0.303 e. The second-order valence-electron chi connectivity index (χ2n) is 7.20. The monoisotopic (exact) mass is 308 g/mol. The van der Waals surface area contributed by atoms with E-state index in [4.69, 9.17) is 23.2 Å². The first-order chi connectivity index (χ1) is 9.57. The van der Waals surface area contributed by atoms with Crippen LogP contribution < -0.4 is 0 Å². The van der Waals surface area contributed by atoms with Crippen LogP contribution in [-0.4, -0.2) is 11.7 Å². The summed E-state index contributed by atoms with van der Waals surface area (Å²) in [5.41, 5.74) is 1.15. The van der Waals surface area contributed by atoms with E-state index in [0.717, 1.165) is 30.7 Å². The Morgan fingerprint density at radius 3 is 2.60 bits per heavy atom. The number of alkyl halides is 1. The fourth-order valence-electron chi connectivity index (χ4n) is 5.47. The van der Waals surface area contributed by atoms with E-state index in [1.54, 1.807) is 0 Å². The summed E-state index contributed by atoms with van der Waals surface area (Å²) in [4.78, 5) is 11.7. The molecule has 0 heterocycles. The lowest BCUT2D eigenvalue weighted by Crippen LogP contribution is -2.60. The molecule has 0 aromatic heterocycles. The van der Waals surface area contributed by atoms with Gasteiger partial charge >= 0.3 is 0 Å². The maximum Gasteiger partial charge on any atom is 0.126 e. The molecule has 4 fully saturated rings. The van der Waals surface area contributed by atoms with Gasteiger partial charge in [-0.05, 0) is 61.6 Å². The summed E-state index contributed by atoms with van der Waals surface area (Å²) >= 11 is 12.9. The Labute approximate surface area is 129 Å². The zero-order valence-electron chi connectivity index (χ0n) is 11.3. The molecule has 4 aliphatic carbocycles. The summed E-state index contributed by atoms with van der Waals surface area (Å²) in [7, 11) is 0. The van der Waals surface area contributed by atoms with E-state index >= 15 is 0 Å². The molecule has 0 saturated heterocycles. The van der Waals surface area contributed by atoms with Gasteiger partial charge in [-0.3, -0.25) is 0 Å². The summed E-state index contributed by atoms with van der Waals surface area (Å²) in [6.07, 6.45) is 6.57. The highest BCUT2D eigenvalue weighted by atomic mass is 35.5. The van der Waals surface area contributed by atoms with Crippen LogP contribution in [0.25, 0.3) is 0 Å². The average molecular weight is 309 g/mol. The van der Waals surface area contributed by atoms with Gasteiger partial charge in [0.25, 0.3) is 0 Å². The molecule has 0 N–H and O–H groups in total. The fraction of sp³-hybridized carbons (Fsp3) is 0.588. The Morgan fingerprint density at radius 2 is 1.90 bits per heavy atom. The number of benzene rings is 1. The van der Waals surface area contributed by atoms with Crippen molar-refractivity contribution in [3.05, 3.63) is 34.9 Å². The molecular formula is C17H18Cl2O. The lowest BCUT2D eigenvalue weighted by molar-refractivity contribution is -0.132. The molecule has 1 aromatic carbocycles. The highest BCUT2D eigenvalue weighted by molar-refractivity contribution is 6.30. The quantitative estimate of drug-likeness (QED) is 0.576. The zero-order valence-corrected chi connectivity index (χ0v) is 12.8. The van der Waals surface area contributed by atoms with E-state index < -0.39 is 0 Å². The third-order valence-electron chi connectivity index (χ3n) is 5.93. The third-order valence-corrected chi connectivity index (χ3v) is 6.96. The second-order valence-corrected chi connectivity index (χ2v) is 8.10. The number of hydrogen-bond acceptors (Lipinski definition) is 1. The number of carbonyl (C=O) groups excluding carboxylic acids is 1. The van der Waals surface area contributed by atoms with E-state index in [-0.39, 0.29) is 16.2 Å². The van der Waals surface area contributed by atoms with Gasteiger partial charge in [-0.2, -0.15) is 0 Å². The van der Waals surface area contributed by atoms with Gasteiger partial charge in [0, 0.05) is 21.2 Å². The maximum absolute atomic E-state index is 11.7. The minimum absolute atomic E-state index is 0.0167. The molecule has 1 nitrogen and oxygen atoms in total. The van der Waals surface area contributed by atoms with Crippen molar-refractivity contribution in [2.75, 3.05) is 0 Å². The van der Waals surface area contributed by atoms with Gasteiger partial charge in [-0.1, -0.05) is 23.7 Å². The molecule has 4 aliphatic rings. The first kappa shape index (κ1) is 13.2. The van der Waals surface area contributed by atoms with Crippen LogP contribution in [0, 0.1) is 17.3 Å². The van der Waals surface area contributed by atoms with Crippen LogP contribution in [0.1, 0.15) is 37.7 Å². The Morgan fingerprint density at radius 1 is 1.15 bits per heavy atom. The normalized spacial score (nSPS) is 45.6. The van der Waals surface area contributed by atoms with E-state index in [1.807, 2.05) is 12.1 Å². The van der Waals surface area contributed by atoms with Gasteiger partial charge in [0.1, 0.15) is 6.29 Å². The average Bonchev–Trinajstić information content (AvgIpc) is 2.44. The van der Waals surface area contributed by atoms with Crippen LogP contribution in [-0.2, 0) is 10.2 Å². The Balaban J connectivity index is 1.83. The first-order valence-electron chi connectivity index (χ1n) is 7.43. The van der Waals surface area contributed by atoms with Crippen molar-refractivity contribution < 1.29 is 4.79 Å². The summed E-state index contributed by atoms with van der Waals surface area (Å²) in [6.45, 7) is 0. The maximum atomic E-state index is 11.7. The molecule has 1 aromatic rings. The third kappa shape index (κ3) is 1.66. The number of hydrogen-bond donors (Lipinski definition) is 0. The number of carbonyl (C=O) groups is 1. The smallest absolute Gasteiger partial charge is 0.126 e. The molecule has 106 valence electrons. The van der Waals surface area contributed by atoms with Gasteiger partial charge < -0.3 is 4.79 Å². The van der Waals surface area contributed by atoms with Crippen LogP contribution in [0.5, 0.6) is 0 Å². The Hall–Kier alpha value is -0.530. The van der Waals surface area contributed by atoms with Gasteiger partial charge in [-0.15, -0.1) is 11.6 Å². The molecule has 5 rings (SSSR count). The molecule has 3 heteroatoms. The molecular weight excluding hydrogens is 291 g/mol. The van der Waals surface area contributed by atoms with Crippen molar-refractivity contribution >= 4 is 29.5 Å². The molecule has 0 amide bonds. The first-order valence-corrected chi connectivity index (χ1v) is 8.25. The van der Waals surface area contributed by atoms with E-state index in [2.05, 4.69) is 12.1 Å². The Bertz CT molecular complexity index is 555. The molecule has 0 radical (unpaired) electrons. The van der Waals surface area contributed by atoms with Crippen LogP contribution in [0.4, 0.5) is 0 Å². The van der Waals surface area contributed by atoms with Gasteiger partial charge in [0.2, 0.25) is 0 Å². The standard InChI is InChI=1S/C17H18Cl2O/c18-14-3-1-13(2-4-14)17-7-11-5-12(15(17)19)8-16(6-11,9-17)10-20/h1-4,10-12,15H,5-9H2. The van der Waals surface area contributed by atoms with Crippen molar-refractivity contribution in [1.82, 2.24) is 0 Å². The lowest BCUT2D eigenvalue weighted by Gasteiger charge is -2.63. The van der Waals surface area contributed by atoms with Crippen LogP contribution in [0.3, 0.4) is 0 Å². The van der Waals surface area contributed by atoms with Crippen LogP contribution in [0.2, 0.25) is 5.02 Å². The van der Waals surface area contributed by atoms with Crippen molar-refractivity contribution in [3.8, 4) is 0 Å². The predicted molar refractivity (Wildman–Crippen MR) is 81.3 cm³/mol. The topological polar surface area (TPSA) is 17.1 Å². The Kier molecular flexibility index (Phi) is 2.79. The van der Waals surface area contributed by atoms with Crippen molar-refractivity contribution in [2.45, 2.75) is 42.9 Å². The minimum atomic E-state index is -0.114. The van der Waals surface area contributed by atoms with Gasteiger partial charge in [0.15, 0.2) is 0 Å². The number of rotatable bonds is 2. The fourth-order valence-corrected chi connectivity index (χ4v) is 6.08. The summed E-state index contributed by atoms with van der Waals surface area (Å²) in [6, 6.07) is 8.13. The predicted octanol–water partition coefficient (Wildman–Crippen LogP) is 4.59. The molecule has 5 unspecified atom stereocenters. The summed E-state index contributed by atoms with van der Waals surface area (Å²) in [5, 5.41) is 0.919. The molecule has 0 spiro atoms. The van der Waals surface area contributed by atoms with E-state index in [9.17, 15) is 4.79 Å². The van der Waals surface area contributed by atoms with Crippen LogP contribution in [0.15, 0.2) is 24.3 Å². The summed E-state index contributed by atoms with van der Waals surface area (Å²) in [5.74, 6) is 1.16. The molecule has 20 heavy (non-hydrogen) atoms. The van der Waals surface area contributed by atoms with Crippen molar-refractivity contribution in [2.24, 2.45) is 17.3 Å². The van der Waals surface area contributed by atoms with Gasteiger partial charge in [-0.25, -0.2) is 0 Å². The highest BCUT2D eigenvalue weighted by Gasteiger charge is 2.62. The molecule has 0 aliphatic heterocycles. The van der Waals surface area contributed by atoms with Crippen molar-refractivity contribution in [3.63, 3.8) is 0 Å². The number of halogens is 2. The zero-order chi connectivity index (χ0) is 14.0. The van der Waals surface area contributed by atoms with Crippen molar-refractivity contribution in [1.29, 1.82) is 0 Å². The molecule has 4 saturated carbocycles. The minimum Gasteiger partial charge on any atom is -0.303 e. The lowest BCUT2D eigenvalue weighted by atomic mass is 9.43. The highest BCUT2D eigenvalue weighted by Crippen LogP contribution is 2.66. The van der Waals surface area contributed by atoms with E-state index in [0.29, 0.717) is 11.8 Å². The summed E-state index contributed by atoms with van der Waals surface area (Å²) < 4.78 is 0. The number of aldehydes is 1.